The number of carbonyl (C=O) groups excluding carboxylic acids is 1. The highest BCUT2D eigenvalue weighted by atomic mass is 19.3. The van der Waals surface area contributed by atoms with Crippen molar-refractivity contribution in [1.82, 2.24) is 10.6 Å². The van der Waals surface area contributed by atoms with Crippen LogP contribution in [0.3, 0.4) is 0 Å². The minimum Gasteiger partial charge on any atom is -0.354 e. The molecule has 2 fully saturated rings. The molecule has 134 valence electrons. The van der Waals surface area contributed by atoms with Gasteiger partial charge in [0.2, 0.25) is 11.8 Å². The fourth-order valence-electron chi connectivity index (χ4n) is 3.86. The Morgan fingerprint density at radius 3 is 2.43 bits per heavy atom. The third-order valence-corrected chi connectivity index (χ3v) is 5.35. The molecule has 0 bridgehead atoms. The first-order valence-electron chi connectivity index (χ1n) is 8.09. The molecule has 1 aliphatic heterocycles. The van der Waals surface area contributed by atoms with E-state index in [2.05, 4.69) is 24.5 Å². The Labute approximate surface area is 136 Å². The number of carbonyl (C=O) groups is 1. The summed E-state index contributed by atoms with van der Waals surface area (Å²) in [7, 11) is 2.87. The average molecular weight is 334 g/mol. The second kappa shape index (κ2) is 6.61. The molecule has 1 saturated heterocycles. The maximum atomic E-state index is 13.2. The van der Waals surface area contributed by atoms with Gasteiger partial charge in [-0.1, -0.05) is 13.8 Å². The molecule has 1 aliphatic carbocycles. The molecule has 1 unspecified atom stereocenters. The number of hydrogen-bond acceptors (Lipinski definition) is 4. The molecule has 2 N–H and O–H groups in total. The SMILES string of the molecule is COC(OC)C(CCC(C)(F)F)NC(=O)[C@H]1NC[C@H]2[C@@H]1C2(C)C. The van der Waals surface area contributed by atoms with E-state index in [0.717, 1.165) is 13.5 Å². The quantitative estimate of drug-likeness (QED) is 0.664. The third kappa shape index (κ3) is 4.00. The molecule has 4 atom stereocenters. The highest BCUT2D eigenvalue weighted by Gasteiger charge is 2.65. The largest absolute Gasteiger partial charge is 0.354 e. The Morgan fingerprint density at radius 2 is 2.00 bits per heavy atom. The molecule has 23 heavy (non-hydrogen) atoms. The molecule has 1 saturated carbocycles. The average Bonchev–Trinajstić information content (AvgIpc) is 2.84. The van der Waals surface area contributed by atoms with Gasteiger partial charge in [-0.05, 0) is 37.1 Å². The van der Waals surface area contributed by atoms with Crippen molar-refractivity contribution in [1.29, 1.82) is 0 Å². The zero-order valence-corrected chi connectivity index (χ0v) is 14.5. The Bertz CT molecular complexity index is 436. The van der Waals surface area contributed by atoms with Crippen LogP contribution >= 0.6 is 0 Å². The third-order valence-electron chi connectivity index (χ3n) is 5.35. The summed E-state index contributed by atoms with van der Waals surface area (Å²) in [4.78, 5) is 12.6. The van der Waals surface area contributed by atoms with E-state index in [1.165, 1.54) is 14.2 Å². The van der Waals surface area contributed by atoms with Crippen molar-refractivity contribution in [2.45, 2.75) is 57.9 Å². The molecule has 1 heterocycles. The van der Waals surface area contributed by atoms with Crippen molar-refractivity contribution in [2.24, 2.45) is 17.3 Å². The number of nitrogens with one attached hydrogen (secondary N) is 2. The maximum Gasteiger partial charge on any atom is 0.245 e. The van der Waals surface area contributed by atoms with Gasteiger partial charge in [0.1, 0.15) is 0 Å². The van der Waals surface area contributed by atoms with Gasteiger partial charge in [-0.25, -0.2) is 8.78 Å². The standard InChI is InChI=1S/C16H28F2N2O3/c1-15(2)9-8-19-12(11(9)15)13(21)20-10(14(22-4)23-5)6-7-16(3,17)18/h9-12,14,19H,6-8H2,1-5H3,(H,20,21)/t9-,10?,11-,12-/m0/s1. The number of fused-ring (bicyclic) bond motifs is 1. The lowest BCUT2D eigenvalue weighted by Crippen LogP contribution is -2.52. The van der Waals surface area contributed by atoms with Crippen LogP contribution in [0.15, 0.2) is 0 Å². The molecule has 7 heteroatoms. The molecule has 2 rings (SSSR count). The number of rotatable bonds is 8. The van der Waals surface area contributed by atoms with Gasteiger partial charge in [0, 0.05) is 20.6 Å². The molecule has 1 amide bonds. The second-order valence-corrected chi connectivity index (χ2v) is 7.40. The number of halogens is 2. The maximum absolute atomic E-state index is 13.2. The highest BCUT2D eigenvalue weighted by Crippen LogP contribution is 2.62. The fraction of sp³-hybridized carbons (Fsp3) is 0.938. The minimum absolute atomic E-state index is 0.0891. The van der Waals surface area contributed by atoms with Crippen molar-refractivity contribution in [3.05, 3.63) is 0 Å². The van der Waals surface area contributed by atoms with Crippen LogP contribution in [0.25, 0.3) is 0 Å². The lowest BCUT2D eigenvalue weighted by atomic mass is 10.0. The summed E-state index contributed by atoms with van der Waals surface area (Å²) in [6.45, 7) is 6.01. The van der Waals surface area contributed by atoms with Crippen LogP contribution in [0.5, 0.6) is 0 Å². The predicted octanol–water partition coefficient (Wildman–Crippen LogP) is 1.77. The molecule has 2 aliphatic rings. The fourth-order valence-corrected chi connectivity index (χ4v) is 3.86. The first-order valence-corrected chi connectivity index (χ1v) is 8.09. The van der Waals surface area contributed by atoms with E-state index >= 15 is 0 Å². The predicted molar refractivity (Wildman–Crippen MR) is 82.1 cm³/mol. The van der Waals surface area contributed by atoms with Gasteiger partial charge in [0.25, 0.3) is 0 Å². The monoisotopic (exact) mass is 334 g/mol. The van der Waals surface area contributed by atoms with Crippen molar-refractivity contribution in [3.8, 4) is 0 Å². The van der Waals surface area contributed by atoms with Crippen LogP contribution in [-0.2, 0) is 14.3 Å². The summed E-state index contributed by atoms with van der Waals surface area (Å²) in [5, 5.41) is 6.07. The van der Waals surface area contributed by atoms with Gasteiger partial charge < -0.3 is 20.1 Å². The number of methoxy groups -OCH3 is 2. The molecular formula is C16H28F2N2O3. The Kier molecular flexibility index (Phi) is 5.33. The summed E-state index contributed by atoms with van der Waals surface area (Å²) in [5.74, 6) is -2.13. The normalized spacial score (nSPS) is 30.2. The van der Waals surface area contributed by atoms with Gasteiger partial charge in [-0.3, -0.25) is 4.79 Å². The topological polar surface area (TPSA) is 59.6 Å². The lowest BCUT2D eigenvalue weighted by molar-refractivity contribution is -0.142. The van der Waals surface area contributed by atoms with Crippen LogP contribution in [0.2, 0.25) is 0 Å². The van der Waals surface area contributed by atoms with E-state index in [4.69, 9.17) is 9.47 Å². The van der Waals surface area contributed by atoms with E-state index in [-0.39, 0.29) is 30.2 Å². The summed E-state index contributed by atoms with van der Waals surface area (Å²) in [6, 6.07) is -0.875. The van der Waals surface area contributed by atoms with E-state index in [9.17, 15) is 13.6 Å². The van der Waals surface area contributed by atoms with E-state index < -0.39 is 18.3 Å². The molecule has 0 spiro atoms. The Balaban J connectivity index is 1.97. The van der Waals surface area contributed by atoms with Crippen LogP contribution in [0.4, 0.5) is 8.78 Å². The van der Waals surface area contributed by atoms with Crippen LogP contribution < -0.4 is 10.6 Å². The number of amides is 1. The Morgan fingerprint density at radius 1 is 1.39 bits per heavy atom. The molecular weight excluding hydrogens is 306 g/mol. The van der Waals surface area contributed by atoms with Crippen molar-refractivity contribution in [2.75, 3.05) is 20.8 Å². The summed E-state index contributed by atoms with van der Waals surface area (Å²) < 4.78 is 36.6. The van der Waals surface area contributed by atoms with Crippen LogP contribution in [0, 0.1) is 17.3 Å². The summed E-state index contributed by atoms with van der Waals surface area (Å²) >= 11 is 0. The first kappa shape index (κ1) is 18.5. The van der Waals surface area contributed by atoms with Crippen molar-refractivity contribution < 1.29 is 23.0 Å². The smallest absolute Gasteiger partial charge is 0.245 e. The van der Waals surface area contributed by atoms with Crippen LogP contribution in [0.1, 0.15) is 33.6 Å². The van der Waals surface area contributed by atoms with Crippen molar-refractivity contribution in [3.63, 3.8) is 0 Å². The number of alkyl halides is 2. The number of piperidine rings is 1. The summed E-state index contributed by atoms with van der Waals surface area (Å²) in [5.41, 5.74) is 0.168. The van der Waals surface area contributed by atoms with E-state index in [1.807, 2.05) is 0 Å². The Hall–Kier alpha value is -0.790. The van der Waals surface area contributed by atoms with E-state index in [0.29, 0.717) is 11.8 Å². The van der Waals surface area contributed by atoms with Crippen molar-refractivity contribution >= 4 is 5.91 Å². The van der Waals surface area contributed by atoms with Gasteiger partial charge >= 0.3 is 0 Å². The number of ether oxygens (including phenoxy) is 2. The van der Waals surface area contributed by atoms with Gasteiger partial charge in [-0.2, -0.15) is 0 Å². The zero-order valence-electron chi connectivity index (χ0n) is 14.5. The minimum atomic E-state index is -2.79. The van der Waals surface area contributed by atoms with Gasteiger partial charge in [0.15, 0.2) is 6.29 Å². The second-order valence-electron chi connectivity index (χ2n) is 7.40. The first-order chi connectivity index (χ1) is 10.6. The van der Waals surface area contributed by atoms with Gasteiger partial charge in [-0.15, -0.1) is 0 Å². The molecule has 5 nitrogen and oxygen atoms in total. The molecule has 0 radical (unpaired) electrons. The lowest BCUT2D eigenvalue weighted by Gasteiger charge is -2.28. The summed E-state index contributed by atoms with van der Waals surface area (Å²) in [6.07, 6.45) is -0.992. The zero-order chi connectivity index (χ0) is 17.4. The number of hydrogen-bond donors (Lipinski definition) is 2. The molecule has 0 aromatic rings. The molecule has 0 aromatic heterocycles. The highest BCUT2D eigenvalue weighted by molar-refractivity contribution is 5.83. The molecule has 0 aromatic carbocycles. The van der Waals surface area contributed by atoms with Crippen LogP contribution in [-0.4, -0.2) is 51.0 Å². The van der Waals surface area contributed by atoms with E-state index in [1.54, 1.807) is 0 Å². The van der Waals surface area contributed by atoms with Gasteiger partial charge in [0.05, 0.1) is 12.1 Å².